The molecule has 5 heteroatoms. The van der Waals surface area contributed by atoms with Gasteiger partial charge in [-0.15, -0.1) is 0 Å². The first-order valence-electron chi connectivity index (χ1n) is 7.01. The first-order chi connectivity index (χ1) is 10.5. The molecule has 0 saturated heterocycles. The zero-order valence-electron chi connectivity index (χ0n) is 12.3. The van der Waals surface area contributed by atoms with E-state index in [1.165, 1.54) is 0 Å². The summed E-state index contributed by atoms with van der Waals surface area (Å²) in [5.74, 6) is 0.759. The fraction of sp³-hybridized carbons (Fsp3) is 0.176. The average Bonchev–Trinajstić information content (AvgIpc) is 2.91. The number of nitrogens with zero attached hydrogens (tertiary/aromatic N) is 1. The Morgan fingerprint density at radius 3 is 2.73 bits per heavy atom. The summed E-state index contributed by atoms with van der Waals surface area (Å²) >= 11 is 3.38. The van der Waals surface area contributed by atoms with E-state index in [2.05, 4.69) is 26.2 Å². The molecule has 0 saturated carbocycles. The molecule has 0 aliphatic heterocycles. The van der Waals surface area contributed by atoms with Gasteiger partial charge in [0, 0.05) is 16.1 Å². The Kier molecular flexibility index (Phi) is 3.98. The van der Waals surface area contributed by atoms with Crippen LogP contribution in [0.15, 0.2) is 51.4 Å². The van der Waals surface area contributed by atoms with Crippen LogP contribution in [0.25, 0.3) is 11.1 Å². The number of nitrogens with one attached hydrogen (secondary N) is 1. The van der Waals surface area contributed by atoms with Crippen molar-refractivity contribution in [1.29, 1.82) is 0 Å². The van der Waals surface area contributed by atoms with E-state index in [0.29, 0.717) is 17.1 Å². The Bertz CT molecular complexity index is 840. The Morgan fingerprint density at radius 1 is 1.23 bits per heavy atom. The van der Waals surface area contributed by atoms with Crippen LogP contribution in [0.1, 0.15) is 36.0 Å². The molecule has 1 heterocycles. The van der Waals surface area contributed by atoms with Crippen molar-refractivity contribution >= 4 is 38.6 Å². The number of carbonyl (C=O) groups is 1. The molecular weight excluding hydrogens is 344 g/mol. The number of hydrogen-bond acceptors (Lipinski definition) is 3. The maximum atomic E-state index is 12.3. The Morgan fingerprint density at radius 2 is 2.00 bits per heavy atom. The molecule has 112 valence electrons. The molecule has 0 atom stereocenters. The lowest BCUT2D eigenvalue weighted by Gasteiger charge is -2.06. The summed E-state index contributed by atoms with van der Waals surface area (Å²) in [5.41, 5.74) is 2.75. The van der Waals surface area contributed by atoms with Gasteiger partial charge >= 0.3 is 0 Å². The van der Waals surface area contributed by atoms with Gasteiger partial charge < -0.3 is 9.73 Å². The molecule has 1 amide bonds. The third-order valence-electron chi connectivity index (χ3n) is 3.27. The highest BCUT2D eigenvalue weighted by atomic mass is 79.9. The van der Waals surface area contributed by atoms with Gasteiger partial charge in [0.25, 0.3) is 5.91 Å². The summed E-state index contributed by atoms with van der Waals surface area (Å²) in [4.78, 5) is 16.7. The zero-order chi connectivity index (χ0) is 15.7. The van der Waals surface area contributed by atoms with Gasteiger partial charge in [0.05, 0.1) is 5.56 Å². The number of aromatic nitrogens is 1. The predicted octanol–water partition coefficient (Wildman–Crippen LogP) is 4.97. The quantitative estimate of drug-likeness (QED) is 0.719. The largest absolute Gasteiger partial charge is 0.440 e. The van der Waals surface area contributed by atoms with Crippen LogP contribution >= 0.6 is 15.9 Å². The van der Waals surface area contributed by atoms with Crippen LogP contribution in [0.2, 0.25) is 0 Å². The van der Waals surface area contributed by atoms with Crippen LogP contribution in [0.3, 0.4) is 0 Å². The normalized spacial score (nSPS) is 11.1. The molecule has 0 spiro atoms. The van der Waals surface area contributed by atoms with Gasteiger partial charge in [0.1, 0.15) is 5.52 Å². The number of rotatable bonds is 3. The number of amides is 1. The molecule has 0 aliphatic carbocycles. The molecule has 1 N–H and O–H groups in total. The van der Waals surface area contributed by atoms with Gasteiger partial charge in [0.15, 0.2) is 11.5 Å². The third kappa shape index (κ3) is 2.90. The van der Waals surface area contributed by atoms with E-state index in [0.717, 1.165) is 15.6 Å². The summed E-state index contributed by atoms with van der Waals surface area (Å²) < 4.78 is 6.42. The second kappa shape index (κ2) is 5.93. The molecule has 3 aromatic rings. The van der Waals surface area contributed by atoms with Crippen LogP contribution in [-0.2, 0) is 0 Å². The molecule has 0 bridgehead atoms. The van der Waals surface area contributed by atoms with Crippen molar-refractivity contribution < 1.29 is 9.21 Å². The topological polar surface area (TPSA) is 55.1 Å². The van der Waals surface area contributed by atoms with Gasteiger partial charge in [0.2, 0.25) is 0 Å². The molecular formula is C17H15BrN2O2. The number of oxazole rings is 1. The highest BCUT2D eigenvalue weighted by Gasteiger charge is 2.12. The average molecular weight is 359 g/mol. The minimum absolute atomic E-state index is 0.167. The third-order valence-corrected chi connectivity index (χ3v) is 3.97. The lowest BCUT2D eigenvalue weighted by molar-refractivity contribution is 0.102. The maximum Gasteiger partial charge on any atom is 0.256 e. The molecule has 4 nitrogen and oxygen atoms in total. The second-order valence-electron chi connectivity index (χ2n) is 5.32. The Balaban J connectivity index is 1.88. The standard InChI is InChI=1S/C17H15BrN2O2/c1-10(2)17-20-14-9-11(7-8-15(14)22-17)19-16(21)12-5-3-4-6-13(12)18/h3-10H,1-2H3,(H,19,21). The molecule has 22 heavy (non-hydrogen) atoms. The van der Waals surface area contributed by atoms with Crippen LogP contribution < -0.4 is 5.32 Å². The lowest BCUT2D eigenvalue weighted by Crippen LogP contribution is -2.12. The van der Waals surface area contributed by atoms with Gasteiger partial charge in [-0.05, 0) is 46.3 Å². The van der Waals surface area contributed by atoms with Gasteiger partial charge in [-0.2, -0.15) is 0 Å². The number of fused-ring (bicyclic) bond motifs is 1. The van der Waals surface area contributed by atoms with E-state index in [1.807, 2.05) is 50.2 Å². The Hall–Kier alpha value is -2.14. The van der Waals surface area contributed by atoms with Crippen LogP contribution in [0.4, 0.5) is 5.69 Å². The lowest BCUT2D eigenvalue weighted by atomic mass is 10.2. The summed E-state index contributed by atoms with van der Waals surface area (Å²) in [6, 6.07) is 12.8. The fourth-order valence-electron chi connectivity index (χ4n) is 2.11. The highest BCUT2D eigenvalue weighted by Crippen LogP contribution is 2.24. The number of halogens is 1. The Labute approximate surface area is 136 Å². The summed E-state index contributed by atoms with van der Waals surface area (Å²) in [6.45, 7) is 4.06. The predicted molar refractivity (Wildman–Crippen MR) is 90.2 cm³/mol. The van der Waals surface area contributed by atoms with Crippen molar-refractivity contribution in [3.8, 4) is 0 Å². The SMILES string of the molecule is CC(C)c1nc2cc(NC(=O)c3ccccc3Br)ccc2o1. The van der Waals surface area contributed by atoms with E-state index in [-0.39, 0.29) is 11.8 Å². The van der Waals surface area contributed by atoms with Crippen LogP contribution in [0, 0.1) is 0 Å². The van der Waals surface area contributed by atoms with Crippen molar-refractivity contribution in [2.24, 2.45) is 0 Å². The monoisotopic (exact) mass is 358 g/mol. The number of anilines is 1. The van der Waals surface area contributed by atoms with E-state index in [1.54, 1.807) is 6.07 Å². The molecule has 0 unspecified atom stereocenters. The van der Waals surface area contributed by atoms with E-state index < -0.39 is 0 Å². The van der Waals surface area contributed by atoms with Crippen molar-refractivity contribution in [3.05, 3.63) is 58.4 Å². The zero-order valence-corrected chi connectivity index (χ0v) is 13.8. The summed E-state index contributed by atoms with van der Waals surface area (Å²) in [7, 11) is 0. The number of hydrogen-bond donors (Lipinski definition) is 1. The van der Waals surface area contributed by atoms with Crippen LogP contribution in [0.5, 0.6) is 0 Å². The first-order valence-corrected chi connectivity index (χ1v) is 7.80. The van der Waals surface area contributed by atoms with Crippen molar-refractivity contribution in [3.63, 3.8) is 0 Å². The number of carbonyl (C=O) groups excluding carboxylic acids is 1. The molecule has 0 aliphatic rings. The highest BCUT2D eigenvalue weighted by molar-refractivity contribution is 9.10. The van der Waals surface area contributed by atoms with E-state index in [9.17, 15) is 4.79 Å². The fourth-order valence-corrected chi connectivity index (χ4v) is 2.58. The molecule has 2 aromatic carbocycles. The smallest absolute Gasteiger partial charge is 0.256 e. The summed E-state index contributed by atoms with van der Waals surface area (Å²) in [6.07, 6.45) is 0. The maximum absolute atomic E-state index is 12.3. The van der Waals surface area contributed by atoms with Gasteiger partial charge in [-0.3, -0.25) is 4.79 Å². The van der Waals surface area contributed by atoms with Gasteiger partial charge in [-0.1, -0.05) is 26.0 Å². The molecule has 0 radical (unpaired) electrons. The molecule has 0 fully saturated rings. The molecule has 1 aromatic heterocycles. The minimum atomic E-state index is -0.167. The van der Waals surface area contributed by atoms with E-state index in [4.69, 9.17) is 4.42 Å². The minimum Gasteiger partial charge on any atom is -0.440 e. The molecule has 3 rings (SSSR count). The van der Waals surface area contributed by atoms with Gasteiger partial charge in [-0.25, -0.2) is 4.98 Å². The van der Waals surface area contributed by atoms with E-state index >= 15 is 0 Å². The summed E-state index contributed by atoms with van der Waals surface area (Å²) in [5, 5.41) is 2.88. The first kappa shape index (κ1) is 14.8. The second-order valence-corrected chi connectivity index (χ2v) is 6.18. The van der Waals surface area contributed by atoms with Crippen molar-refractivity contribution in [1.82, 2.24) is 4.98 Å². The van der Waals surface area contributed by atoms with Crippen LogP contribution in [-0.4, -0.2) is 10.9 Å². The van der Waals surface area contributed by atoms with Crippen molar-refractivity contribution in [2.45, 2.75) is 19.8 Å². The number of benzene rings is 2. The van der Waals surface area contributed by atoms with Crippen molar-refractivity contribution in [2.75, 3.05) is 5.32 Å².